The number of thioether (sulfide) groups is 1. The molecule has 0 amide bonds. The average Bonchev–Trinajstić information content (AvgIpc) is 2.90. The molecule has 0 fully saturated rings. The van der Waals surface area contributed by atoms with E-state index >= 15 is 0 Å². The number of fused-ring (bicyclic) bond motifs is 1. The van der Waals surface area contributed by atoms with E-state index in [-0.39, 0.29) is 5.78 Å². The van der Waals surface area contributed by atoms with E-state index < -0.39 is 0 Å². The summed E-state index contributed by atoms with van der Waals surface area (Å²) >= 11 is 1.53. The van der Waals surface area contributed by atoms with Gasteiger partial charge in [-0.3, -0.25) is 9.78 Å². The van der Waals surface area contributed by atoms with Crippen LogP contribution in [0.2, 0.25) is 0 Å². The van der Waals surface area contributed by atoms with Gasteiger partial charge >= 0.3 is 0 Å². The molecule has 0 spiro atoms. The van der Waals surface area contributed by atoms with Crippen molar-refractivity contribution in [2.24, 2.45) is 0 Å². The molecule has 0 aliphatic rings. The molecular weight excluding hydrogens is 256 g/mol. The van der Waals surface area contributed by atoms with E-state index in [0.717, 1.165) is 21.4 Å². The molecule has 0 saturated heterocycles. The van der Waals surface area contributed by atoms with Gasteiger partial charge in [-0.1, -0.05) is 18.2 Å². The first-order valence-corrected chi connectivity index (χ1v) is 6.95. The number of hydrogen-bond donors (Lipinski definition) is 1. The first kappa shape index (κ1) is 12.0. The highest BCUT2D eigenvalue weighted by Crippen LogP contribution is 2.22. The minimum Gasteiger partial charge on any atom is -0.360 e. The predicted molar refractivity (Wildman–Crippen MR) is 77.6 cm³/mol. The third kappa shape index (κ3) is 2.53. The van der Waals surface area contributed by atoms with Gasteiger partial charge in [0.15, 0.2) is 5.78 Å². The van der Waals surface area contributed by atoms with Crippen molar-refractivity contribution < 1.29 is 4.79 Å². The van der Waals surface area contributed by atoms with Crippen molar-refractivity contribution in [2.75, 3.05) is 5.75 Å². The number of pyridine rings is 1. The van der Waals surface area contributed by atoms with Crippen LogP contribution in [-0.2, 0) is 0 Å². The highest BCUT2D eigenvalue weighted by Gasteiger charge is 2.11. The van der Waals surface area contributed by atoms with Crippen LogP contribution in [0.3, 0.4) is 0 Å². The van der Waals surface area contributed by atoms with Gasteiger partial charge < -0.3 is 4.98 Å². The van der Waals surface area contributed by atoms with E-state index in [2.05, 4.69) is 9.97 Å². The summed E-state index contributed by atoms with van der Waals surface area (Å²) in [6, 6.07) is 11.7. The topological polar surface area (TPSA) is 45.8 Å². The fraction of sp³-hybridized carbons (Fsp3) is 0.0667. The number of carbonyl (C=O) groups excluding carboxylic acids is 1. The Morgan fingerprint density at radius 3 is 2.79 bits per heavy atom. The SMILES string of the molecule is O=C(CSc1ccncc1)c1c[nH]c2ccccc12. The molecule has 2 heterocycles. The van der Waals surface area contributed by atoms with Crippen molar-refractivity contribution in [2.45, 2.75) is 4.90 Å². The van der Waals surface area contributed by atoms with E-state index in [4.69, 9.17) is 0 Å². The standard InChI is InChI=1S/C15H12N2OS/c18-15(10-19-11-5-7-16-8-6-11)13-9-17-14-4-2-1-3-12(13)14/h1-9,17H,10H2. The zero-order chi connectivity index (χ0) is 13.1. The zero-order valence-corrected chi connectivity index (χ0v) is 11.0. The Morgan fingerprint density at radius 2 is 1.95 bits per heavy atom. The quantitative estimate of drug-likeness (QED) is 0.581. The van der Waals surface area contributed by atoms with Crippen molar-refractivity contribution in [1.82, 2.24) is 9.97 Å². The molecule has 3 aromatic rings. The van der Waals surface area contributed by atoms with Crippen LogP contribution in [-0.4, -0.2) is 21.5 Å². The summed E-state index contributed by atoms with van der Waals surface area (Å²) in [6.45, 7) is 0. The minimum atomic E-state index is 0.138. The Balaban J connectivity index is 1.77. The van der Waals surface area contributed by atoms with E-state index in [1.54, 1.807) is 18.6 Å². The predicted octanol–water partition coefficient (Wildman–Crippen LogP) is 3.54. The maximum atomic E-state index is 12.2. The number of carbonyl (C=O) groups is 1. The number of nitrogens with one attached hydrogen (secondary N) is 1. The number of nitrogens with zero attached hydrogens (tertiary/aromatic N) is 1. The lowest BCUT2D eigenvalue weighted by Crippen LogP contribution is -2.01. The molecule has 0 saturated carbocycles. The summed E-state index contributed by atoms with van der Waals surface area (Å²) in [7, 11) is 0. The van der Waals surface area contributed by atoms with Gasteiger partial charge in [-0.25, -0.2) is 0 Å². The van der Waals surface area contributed by atoms with E-state index in [1.807, 2.05) is 36.4 Å². The Labute approximate surface area is 115 Å². The molecule has 94 valence electrons. The second kappa shape index (κ2) is 5.28. The van der Waals surface area contributed by atoms with Gasteiger partial charge in [0.1, 0.15) is 0 Å². The maximum absolute atomic E-state index is 12.2. The number of aromatic amines is 1. The molecule has 0 aliphatic heterocycles. The Bertz CT molecular complexity index is 706. The normalized spacial score (nSPS) is 10.7. The summed E-state index contributed by atoms with van der Waals surface area (Å²) in [6.07, 6.45) is 5.26. The lowest BCUT2D eigenvalue weighted by molar-refractivity contribution is 0.102. The van der Waals surface area contributed by atoms with Gasteiger partial charge in [0.25, 0.3) is 0 Å². The molecular formula is C15H12N2OS. The second-order valence-electron chi connectivity index (χ2n) is 4.14. The minimum absolute atomic E-state index is 0.138. The van der Waals surface area contributed by atoms with Crippen LogP contribution in [0.4, 0.5) is 0 Å². The fourth-order valence-electron chi connectivity index (χ4n) is 1.96. The maximum Gasteiger partial charge on any atom is 0.175 e. The molecule has 0 bridgehead atoms. The summed E-state index contributed by atoms with van der Waals surface area (Å²) in [5.41, 5.74) is 1.76. The molecule has 19 heavy (non-hydrogen) atoms. The van der Waals surface area contributed by atoms with Gasteiger partial charge in [0.05, 0.1) is 5.75 Å². The van der Waals surface area contributed by atoms with Crippen molar-refractivity contribution in [3.63, 3.8) is 0 Å². The molecule has 4 heteroatoms. The van der Waals surface area contributed by atoms with Crippen LogP contribution in [0.1, 0.15) is 10.4 Å². The molecule has 3 rings (SSSR count). The molecule has 0 atom stereocenters. The lowest BCUT2D eigenvalue weighted by atomic mass is 10.1. The molecule has 0 radical (unpaired) electrons. The molecule has 0 aliphatic carbocycles. The smallest absolute Gasteiger partial charge is 0.175 e. The van der Waals surface area contributed by atoms with Crippen molar-refractivity contribution in [3.8, 4) is 0 Å². The molecule has 1 aromatic carbocycles. The summed E-state index contributed by atoms with van der Waals surface area (Å²) in [5.74, 6) is 0.575. The molecule has 3 nitrogen and oxygen atoms in total. The zero-order valence-electron chi connectivity index (χ0n) is 10.2. The number of hydrogen-bond acceptors (Lipinski definition) is 3. The van der Waals surface area contributed by atoms with Crippen molar-refractivity contribution >= 4 is 28.4 Å². The van der Waals surface area contributed by atoms with Gasteiger partial charge in [-0.05, 0) is 18.2 Å². The number of para-hydroxylation sites is 1. The summed E-state index contributed by atoms with van der Waals surface area (Å²) < 4.78 is 0. The van der Waals surface area contributed by atoms with Crippen LogP contribution < -0.4 is 0 Å². The Morgan fingerprint density at radius 1 is 1.16 bits per heavy atom. The molecule has 1 N–H and O–H groups in total. The van der Waals surface area contributed by atoms with Gasteiger partial charge in [0, 0.05) is 40.0 Å². The first-order valence-electron chi connectivity index (χ1n) is 5.97. The van der Waals surface area contributed by atoms with Crippen molar-refractivity contribution in [3.05, 3.63) is 60.6 Å². The highest BCUT2D eigenvalue weighted by atomic mass is 32.2. The Kier molecular flexibility index (Phi) is 3.33. The third-order valence-corrected chi connectivity index (χ3v) is 3.92. The first-order chi connectivity index (χ1) is 9.34. The van der Waals surface area contributed by atoms with E-state index in [1.165, 1.54) is 11.8 Å². The van der Waals surface area contributed by atoms with E-state index in [0.29, 0.717) is 5.75 Å². The highest BCUT2D eigenvalue weighted by molar-refractivity contribution is 8.00. The monoisotopic (exact) mass is 268 g/mol. The van der Waals surface area contributed by atoms with Crippen LogP contribution >= 0.6 is 11.8 Å². The number of rotatable bonds is 4. The second-order valence-corrected chi connectivity index (χ2v) is 5.19. The summed E-state index contributed by atoms with van der Waals surface area (Å²) in [4.78, 5) is 20.4. The Hall–Kier alpha value is -2.07. The number of Topliss-reactive ketones (excluding diaryl/α,β-unsaturated/α-hetero) is 1. The number of ketones is 1. The molecule has 2 aromatic heterocycles. The largest absolute Gasteiger partial charge is 0.360 e. The third-order valence-electron chi connectivity index (χ3n) is 2.91. The van der Waals surface area contributed by atoms with E-state index in [9.17, 15) is 4.79 Å². The average molecular weight is 268 g/mol. The van der Waals surface area contributed by atoms with Gasteiger partial charge in [-0.15, -0.1) is 11.8 Å². The number of H-pyrrole nitrogens is 1. The van der Waals surface area contributed by atoms with Crippen LogP contribution in [0.15, 0.2) is 59.9 Å². The number of benzene rings is 1. The van der Waals surface area contributed by atoms with Crippen molar-refractivity contribution in [1.29, 1.82) is 0 Å². The number of aromatic nitrogens is 2. The van der Waals surface area contributed by atoms with Crippen LogP contribution in [0, 0.1) is 0 Å². The van der Waals surface area contributed by atoms with Crippen LogP contribution in [0.5, 0.6) is 0 Å². The lowest BCUT2D eigenvalue weighted by Gasteiger charge is -2.00. The van der Waals surface area contributed by atoms with Gasteiger partial charge in [-0.2, -0.15) is 0 Å². The van der Waals surface area contributed by atoms with Gasteiger partial charge in [0.2, 0.25) is 0 Å². The van der Waals surface area contributed by atoms with Crippen LogP contribution in [0.25, 0.3) is 10.9 Å². The summed E-state index contributed by atoms with van der Waals surface area (Å²) in [5, 5.41) is 0.989. The molecule has 0 unspecified atom stereocenters. The fourth-order valence-corrected chi connectivity index (χ4v) is 2.73.